The average Bonchev–Trinajstić information content (AvgIpc) is 2.69. The number of carbonyl (C=O) groups is 2. The van der Waals surface area contributed by atoms with Crippen LogP contribution in [-0.4, -0.2) is 41.2 Å². The molecular formula is C20H25F4N5O3. The second-order valence-corrected chi connectivity index (χ2v) is 6.61. The van der Waals surface area contributed by atoms with Crippen LogP contribution in [0.3, 0.4) is 0 Å². The lowest BCUT2D eigenvalue weighted by molar-refractivity contribution is -0.275. The molecule has 0 atom stereocenters. The van der Waals surface area contributed by atoms with Crippen molar-refractivity contribution in [1.29, 1.82) is 0 Å². The van der Waals surface area contributed by atoms with E-state index in [0.717, 1.165) is 18.3 Å². The largest absolute Gasteiger partial charge is 0.573 e. The van der Waals surface area contributed by atoms with Crippen LogP contribution in [0.15, 0.2) is 30.6 Å². The smallest absolute Gasteiger partial charge is 0.404 e. The van der Waals surface area contributed by atoms with Crippen molar-refractivity contribution in [2.24, 2.45) is 5.73 Å². The SMILES string of the molecule is CC(=O)NCCNC(=O)/C(=C/N)c1ncc(Cc2ccc(F)c(OC(F)(F)F)c2)c(C)n1.[HH].[HH]. The molecule has 1 heterocycles. The van der Waals surface area contributed by atoms with Crippen molar-refractivity contribution >= 4 is 17.4 Å². The number of hydrogen-bond acceptors (Lipinski definition) is 6. The molecule has 0 saturated heterocycles. The van der Waals surface area contributed by atoms with Crippen molar-refractivity contribution in [2.75, 3.05) is 13.1 Å². The molecule has 0 fully saturated rings. The zero-order chi connectivity index (χ0) is 23.9. The highest BCUT2D eigenvalue weighted by Gasteiger charge is 2.32. The molecule has 1 aromatic carbocycles. The summed E-state index contributed by atoms with van der Waals surface area (Å²) < 4.78 is 54.6. The van der Waals surface area contributed by atoms with Crippen LogP contribution in [-0.2, 0) is 16.0 Å². The third kappa shape index (κ3) is 7.22. The number of aryl methyl sites for hydroxylation is 1. The molecule has 0 aliphatic heterocycles. The molecule has 0 radical (unpaired) electrons. The maximum atomic E-state index is 13.6. The molecule has 0 aliphatic rings. The fourth-order valence-corrected chi connectivity index (χ4v) is 2.64. The van der Waals surface area contributed by atoms with Crippen LogP contribution in [0, 0.1) is 12.7 Å². The number of aromatic nitrogens is 2. The number of benzene rings is 1. The summed E-state index contributed by atoms with van der Waals surface area (Å²) in [5, 5.41) is 5.10. The van der Waals surface area contributed by atoms with Crippen LogP contribution in [0.2, 0.25) is 0 Å². The third-order valence-corrected chi connectivity index (χ3v) is 4.13. The van der Waals surface area contributed by atoms with Gasteiger partial charge in [0.1, 0.15) is 0 Å². The number of alkyl halides is 3. The Bertz CT molecular complexity index is 1040. The lowest BCUT2D eigenvalue weighted by Crippen LogP contribution is -2.34. The van der Waals surface area contributed by atoms with Crippen molar-refractivity contribution in [3.05, 3.63) is 59.1 Å². The Labute approximate surface area is 183 Å². The Morgan fingerprint density at radius 1 is 1.25 bits per heavy atom. The van der Waals surface area contributed by atoms with E-state index in [2.05, 4.69) is 25.3 Å². The highest BCUT2D eigenvalue weighted by atomic mass is 19.4. The molecule has 0 bridgehead atoms. The topological polar surface area (TPSA) is 119 Å². The standard InChI is InChI=1S/C20H21F4N5O3.2H2/c1-11-14(7-13-3-4-16(21)17(8-13)32-20(22,23)24)10-28-18(29-11)15(9-25)19(31)27-6-5-26-12(2)30;;/h3-4,8-10H,5-7,25H2,1-2H3,(H,26,30)(H,27,31);2*1H/b15-9+;;. The summed E-state index contributed by atoms with van der Waals surface area (Å²) in [6, 6.07) is 3.14. The van der Waals surface area contributed by atoms with E-state index in [0.29, 0.717) is 16.8 Å². The highest BCUT2D eigenvalue weighted by molar-refractivity contribution is 6.18. The van der Waals surface area contributed by atoms with Gasteiger partial charge < -0.3 is 21.1 Å². The molecule has 8 nitrogen and oxygen atoms in total. The van der Waals surface area contributed by atoms with Gasteiger partial charge >= 0.3 is 6.36 Å². The molecule has 32 heavy (non-hydrogen) atoms. The van der Waals surface area contributed by atoms with Gasteiger partial charge in [-0.1, -0.05) is 6.07 Å². The van der Waals surface area contributed by atoms with E-state index in [9.17, 15) is 27.2 Å². The lowest BCUT2D eigenvalue weighted by atomic mass is 10.0. The first-order valence-corrected chi connectivity index (χ1v) is 9.31. The predicted molar refractivity (Wildman–Crippen MR) is 111 cm³/mol. The number of rotatable bonds is 8. The van der Waals surface area contributed by atoms with Gasteiger partial charge in [0.25, 0.3) is 5.91 Å². The Balaban J connectivity index is 0.00000544. The van der Waals surface area contributed by atoms with Crippen molar-refractivity contribution in [2.45, 2.75) is 26.6 Å². The number of nitrogens with zero attached hydrogens (tertiary/aromatic N) is 2. The number of hydrogen-bond donors (Lipinski definition) is 3. The number of carbonyl (C=O) groups excluding carboxylic acids is 2. The molecule has 2 aromatic rings. The minimum atomic E-state index is -5.02. The maximum absolute atomic E-state index is 13.6. The monoisotopic (exact) mass is 459 g/mol. The van der Waals surface area contributed by atoms with Gasteiger partial charge in [-0.2, -0.15) is 0 Å². The summed E-state index contributed by atoms with van der Waals surface area (Å²) >= 11 is 0. The van der Waals surface area contributed by atoms with Gasteiger partial charge in [0.05, 0.1) is 5.57 Å². The second kappa shape index (κ2) is 10.6. The first kappa shape index (κ1) is 24.6. The van der Waals surface area contributed by atoms with E-state index in [4.69, 9.17) is 5.73 Å². The van der Waals surface area contributed by atoms with E-state index in [1.807, 2.05) is 0 Å². The van der Waals surface area contributed by atoms with Gasteiger partial charge in [-0.15, -0.1) is 13.2 Å². The number of nitrogens with two attached hydrogens (primary N) is 1. The number of nitrogens with one attached hydrogen (secondary N) is 2. The Morgan fingerprint density at radius 3 is 2.53 bits per heavy atom. The fraction of sp³-hybridized carbons (Fsp3) is 0.300. The number of ether oxygens (including phenoxy) is 1. The van der Waals surface area contributed by atoms with Gasteiger partial charge in [0, 0.05) is 47.4 Å². The van der Waals surface area contributed by atoms with Crippen LogP contribution in [0.1, 0.15) is 32.4 Å². The van der Waals surface area contributed by atoms with Gasteiger partial charge in [-0.25, -0.2) is 14.4 Å². The van der Waals surface area contributed by atoms with Crippen molar-refractivity contribution in [1.82, 2.24) is 20.6 Å². The molecule has 2 amide bonds. The summed E-state index contributed by atoms with van der Waals surface area (Å²) in [7, 11) is 0. The van der Waals surface area contributed by atoms with Crippen molar-refractivity contribution < 1.29 is 34.7 Å². The highest BCUT2D eigenvalue weighted by Crippen LogP contribution is 2.27. The summed E-state index contributed by atoms with van der Waals surface area (Å²) in [6.07, 6.45) is -2.47. The summed E-state index contributed by atoms with van der Waals surface area (Å²) in [6.45, 7) is 3.37. The van der Waals surface area contributed by atoms with Gasteiger partial charge in [-0.3, -0.25) is 9.59 Å². The minimum Gasteiger partial charge on any atom is -0.404 e. The zero-order valence-electron chi connectivity index (χ0n) is 17.2. The summed E-state index contributed by atoms with van der Waals surface area (Å²) in [4.78, 5) is 31.5. The van der Waals surface area contributed by atoms with E-state index >= 15 is 0 Å². The molecule has 0 spiro atoms. The van der Waals surface area contributed by atoms with Crippen LogP contribution in [0.4, 0.5) is 17.6 Å². The normalized spacial score (nSPS) is 11.8. The number of halogens is 4. The van der Waals surface area contributed by atoms with Crippen LogP contribution in [0.5, 0.6) is 5.75 Å². The zero-order valence-corrected chi connectivity index (χ0v) is 17.2. The molecule has 176 valence electrons. The summed E-state index contributed by atoms with van der Waals surface area (Å²) in [5.41, 5.74) is 6.87. The van der Waals surface area contributed by atoms with Gasteiger partial charge in [0.15, 0.2) is 17.4 Å². The van der Waals surface area contributed by atoms with Crippen LogP contribution >= 0.6 is 0 Å². The minimum absolute atomic E-state index is 0. The molecule has 0 aliphatic carbocycles. The van der Waals surface area contributed by atoms with E-state index in [1.165, 1.54) is 19.2 Å². The maximum Gasteiger partial charge on any atom is 0.573 e. The molecule has 12 heteroatoms. The first-order valence-electron chi connectivity index (χ1n) is 9.31. The Kier molecular flexibility index (Phi) is 8.10. The van der Waals surface area contributed by atoms with E-state index in [-0.39, 0.29) is 39.7 Å². The number of amides is 2. The fourth-order valence-electron chi connectivity index (χ4n) is 2.64. The Morgan fingerprint density at radius 2 is 1.94 bits per heavy atom. The molecular weight excluding hydrogens is 434 g/mol. The van der Waals surface area contributed by atoms with Crippen LogP contribution < -0.4 is 21.1 Å². The second-order valence-electron chi connectivity index (χ2n) is 6.61. The van der Waals surface area contributed by atoms with E-state index < -0.39 is 23.8 Å². The van der Waals surface area contributed by atoms with Gasteiger partial charge in [0.2, 0.25) is 5.91 Å². The Hall–Kier alpha value is -3.70. The first-order chi connectivity index (χ1) is 15.0. The molecule has 0 unspecified atom stereocenters. The average molecular weight is 459 g/mol. The predicted octanol–water partition coefficient (Wildman–Crippen LogP) is 2.46. The quantitative estimate of drug-likeness (QED) is 0.317. The van der Waals surface area contributed by atoms with Crippen LogP contribution in [0.25, 0.3) is 5.57 Å². The van der Waals surface area contributed by atoms with E-state index in [1.54, 1.807) is 6.92 Å². The van der Waals surface area contributed by atoms with Gasteiger partial charge in [-0.05, 0) is 30.2 Å². The third-order valence-electron chi connectivity index (χ3n) is 4.13. The lowest BCUT2D eigenvalue weighted by Gasteiger charge is -2.12. The molecule has 1 aromatic heterocycles. The van der Waals surface area contributed by atoms with Crippen molar-refractivity contribution in [3.8, 4) is 5.75 Å². The molecule has 2 rings (SSSR count). The van der Waals surface area contributed by atoms with Crippen molar-refractivity contribution in [3.63, 3.8) is 0 Å². The molecule has 0 saturated carbocycles. The summed E-state index contributed by atoms with van der Waals surface area (Å²) in [5.74, 6) is -2.81. The molecule has 4 N–H and O–H groups in total.